The maximum atomic E-state index is 10.6. The fraction of sp³-hybridized carbons (Fsp3) is 0.333. The highest BCUT2D eigenvalue weighted by molar-refractivity contribution is 5.65. The summed E-state index contributed by atoms with van der Waals surface area (Å²) in [5.74, 6) is 0.709. The van der Waals surface area contributed by atoms with E-state index in [0.717, 1.165) is 0 Å². The maximum absolute atomic E-state index is 10.6. The van der Waals surface area contributed by atoms with Crippen LogP contribution in [0.5, 0.6) is 11.5 Å². The molecule has 0 spiro atoms. The first-order chi connectivity index (χ1) is 7.10. The Morgan fingerprint density at radius 2 is 2.13 bits per heavy atom. The Kier molecular flexibility index (Phi) is 3.33. The van der Waals surface area contributed by atoms with Gasteiger partial charge in [0.15, 0.2) is 11.5 Å². The number of hydrogen-bond acceptors (Lipinski definition) is 5. The molecular weight excluding hydrogens is 200 g/mol. The number of nitrogen functional groups attached to an aromatic ring is 1. The molecule has 0 aliphatic carbocycles. The molecule has 0 bridgehead atoms. The molecular formula is C9H12N2O4. The van der Waals surface area contributed by atoms with Gasteiger partial charge in [-0.25, -0.2) is 0 Å². The number of methoxy groups -OCH3 is 1. The smallest absolute Gasteiger partial charge is 0.296 e. The lowest BCUT2D eigenvalue weighted by atomic mass is 10.2. The average Bonchev–Trinajstić information content (AvgIpc) is 2.20. The average molecular weight is 212 g/mol. The van der Waals surface area contributed by atoms with Gasteiger partial charge in [-0.1, -0.05) is 0 Å². The van der Waals surface area contributed by atoms with Crippen molar-refractivity contribution in [1.29, 1.82) is 0 Å². The standard InChI is InChI=1S/C9H12N2O4/c1-3-15-9-5-7(11(12)13)6(10)4-8(9)14-2/h4-5H,3,10H2,1-2H3. The van der Waals surface area contributed by atoms with E-state index in [2.05, 4.69) is 0 Å². The lowest BCUT2D eigenvalue weighted by molar-refractivity contribution is -0.384. The van der Waals surface area contributed by atoms with Crippen LogP contribution in [0.3, 0.4) is 0 Å². The first-order valence-corrected chi connectivity index (χ1v) is 4.34. The second-order valence-corrected chi connectivity index (χ2v) is 2.75. The number of nitro groups is 1. The normalized spacial score (nSPS) is 9.73. The molecule has 0 aliphatic rings. The molecule has 15 heavy (non-hydrogen) atoms. The third-order valence-electron chi connectivity index (χ3n) is 1.81. The zero-order valence-electron chi connectivity index (χ0n) is 8.52. The number of ether oxygens (including phenoxy) is 2. The van der Waals surface area contributed by atoms with Crippen molar-refractivity contribution in [2.75, 3.05) is 19.5 Å². The van der Waals surface area contributed by atoms with E-state index in [9.17, 15) is 10.1 Å². The molecule has 82 valence electrons. The summed E-state index contributed by atoms with van der Waals surface area (Å²) in [6, 6.07) is 2.64. The Morgan fingerprint density at radius 3 is 2.60 bits per heavy atom. The minimum absolute atomic E-state index is 0.0558. The third-order valence-corrected chi connectivity index (χ3v) is 1.81. The molecule has 1 aromatic rings. The molecule has 1 aromatic carbocycles. The van der Waals surface area contributed by atoms with Crippen molar-refractivity contribution in [3.8, 4) is 11.5 Å². The summed E-state index contributed by atoms with van der Waals surface area (Å²) in [6.07, 6.45) is 0. The van der Waals surface area contributed by atoms with Crippen molar-refractivity contribution in [3.63, 3.8) is 0 Å². The van der Waals surface area contributed by atoms with Crippen molar-refractivity contribution < 1.29 is 14.4 Å². The van der Waals surface area contributed by atoms with Crippen molar-refractivity contribution in [3.05, 3.63) is 22.2 Å². The van der Waals surface area contributed by atoms with Crippen LogP contribution in [0.4, 0.5) is 11.4 Å². The molecule has 0 radical (unpaired) electrons. The monoisotopic (exact) mass is 212 g/mol. The summed E-state index contributed by atoms with van der Waals surface area (Å²) in [6.45, 7) is 2.18. The van der Waals surface area contributed by atoms with Gasteiger partial charge in [0.1, 0.15) is 5.69 Å². The number of hydrogen-bond donors (Lipinski definition) is 1. The summed E-state index contributed by atoms with van der Waals surface area (Å²) in [7, 11) is 1.45. The second kappa shape index (κ2) is 4.50. The molecule has 2 N–H and O–H groups in total. The Labute approximate surface area is 86.7 Å². The van der Waals surface area contributed by atoms with E-state index in [-0.39, 0.29) is 11.4 Å². The van der Waals surface area contributed by atoms with Crippen LogP contribution in [0.1, 0.15) is 6.92 Å². The van der Waals surface area contributed by atoms with Gasteiger partial charge in [0.05, 0.1) is 24.7 Å². The molecule has 6 heteroatoms. The van der Waals surface area contributed by atoms with Crippen LogP contribution >= 0.6 is 0 Å². The quantitative estimate of drug-likeness (QED) is 0.465. The molecule has 0 amide bonds. The largest absolute Gasteiger partial charge is 0.493 e. The fourth-order valence-electron chi connectivity index (χ4n) is 1.15. The molecule has 0 heterocycles. The molecule has 0 atom stereocenters. The van der Waals surface area contributed by atoms with Gasteiger partial charge >= 0.3 is 0 Å². The summed E-state index contributed by atoms with van der Waals surface area (Å²) >= 11 is 0. The molecule has 6 nitrogen and oxygen atoms in total. The van der Waals surface area contributed by atoms with Crippen molar-refractivity contribution in [2.45, 2.75) is 6.92 Å². The van der Waals surface area contributed by atoms with Crippen LogP contribution in [-0.4, -0.2) is 18.6 Å². The van der Waals surface area contributed by atoms with Crippen molar-refractivity contribution in [2.24, 2.45) is 0 Å². The number of anilines is 1. The minimum Gasteiger partial charge on any atom is -0.493 e. The Morgan fingerprint density at radius 1 is 1.47 bits per heavy atom. The third kappa shape index (κ3) is 2.28. The highest BCUT2D eigenvalue weighted by Gasteiger charge is 2.17. The number of nitrogens with two attached hydrogens (primary N) is 1. The van der Waals surface area contributed by atoms with Crippen LogP contribution in [0.25, 0.3) is 0 Å². The predicted molar refractivity (Wildman–Crippen MR) is 55.2 cm³/mol. The summed E-state index contributed by atoms with van der Waals surface area (Å²) < 4.78 is 10.2. The van der Waals surface area contributed by atoms with Crippen molar-refractivity contribution >= 4 is 11.4 Å². The number of nitrogens with zero attached hydrogens (tertiary/aromatic N) is 1. The van der Waals surface area contributed by atoms with Gasteiger partial charge in [-0.15, -0.1) is 0 Å². The van der Waals surface area contributed by atoms with Gasteiger partial charge in [-0.05, 0) is 6.92 Å². The molecule has 0 saturated heterocycles. The number of nitro benzene ring substituents is 1. The van der Waals surface area contributed by atoms with Gasteiger partial charge in [-0.2, -0.15) is 0 Å². The first kappa shape index (κ1) is 11.1. The lowest BCUT2D eigenvalue weighted by Gasteiger charge is -2.09. The summed E-state index contributed by atoms with van der Waals surface area (Å²) in [4.78, 5) is 10.0. The zero-order chi connectivity index (χ0) is 11.4. The zero-order valence-corrected chi connectivity index (χ0v) is 8.52. The fourth-order valence-corrected chi connectivity index (χ4v) is 1.15. The van der Waals surface area contributed by atoms with Crippen LogP contribution in [0.15, 0.2) is 12.1 Å². The molecule has 0 unspecified atom stereocenters. The van der Waals surface area contributed by atoms with Gasteiger partial charge in [0, 0.05) is 6.07 Å². The van der Waals surface area contributed by atoms with Gasteiger partial charge in [-0.3, -0.25) is 10.1 Å². The summed E-state index contributed by atoms with van der Waals surface area (Å²) in [5.41, 5.74) is 5.36. The van der Waals surface area contributed by atoms with E-state index in [1.165, 1.54) is 19.2 Å². The van der Waals surface area contributed by atoms with E-state index >= 15 is 0 Å². The Hall–Kier alpha value is -1.98. The Bertz CT molecular complexity index is 379. The van der Waals surface area contributed by atoms with E-state index in [4.69, 9.17) is 15.2 Å². The molecule has 0 fully saturated rings. The van der Waals surface area contributed by atoms with Gasteiger partial charge in [0.2, 0.25) is 0 Å². The van der Waals surface area contributed by atoms with E-state index in [1.54, 1.807) is 6.92 Å². The van der Waals surface area contributed by atoms with Crippen molar-refractivity contribution in [1.82, 2.24) is 0 Å². The van der Waals surface area contributed by atoms with Crippen LogP contribution in [0.2, 0.25) is 0 Å². The maximum Gasteiger partial charge on any atom is 0.296 e. The highest BCUT2D eigenvalue weighted by atomic mass is 16.6. The summed E-state index contributed by atoms with van der Waals surface area (Å²) in [5, 5.41) is 10.6. The second-order valence-electron chi connectivity index (χ2n) is 2.75. The van der Waals surface area contributed by atoms with E-state index < -0.39 is 4.92 Å². The molecule has 0 aromatic heterocycles. The van der Waals surface area contributed by atoms with Gasteiger partial charge < -0.3 is 15.2 Å². The molecule has 1 rings (SSSR count). The topological polar surface area (TPSA) is 87.6 Å². The van der Waals surface area contributed by atoms with E-state index in [0.29, 0.717) is 18.1 Å². The Balaban J connectivity index is 3.23. The van der Waals surface area contributed by atoms with E-state index in [1.807, 2.05) is 0 Å². The lowest BCUT2D eigenvalue weighted by Crippen LogP contribution is -2.00. The highest BCUT2D eigenvalue weighted by Crippen LogP contribution is 2.35. The predicted octanol–water partition coefficient (Wildman–Crippen LogP) is 1.58. The van der Waals surface area contributed by atoms with Gasteiger partial charge in [0.25, 0.3) is 5.69 Å². The molecule has 0 saturated carbocycles. The SMILES string of the molecule is CCOc1cc([N+](=O)[O-])c(N)cc1OC. The van der Waals surface area contributed by atoms with Crippen LogP contribution < -0.4 is 15.2 Å². The first-order valence-electron chi connectivity index (χ1n) is 4.34. The van der Waals surface area contributed by atoms with Crippen LogP contribution in [-0.2, 0) is 0 Å². The molecule has 0 aliphatic heterocycles. The number of rotatable bonds is 4. The van der Waals surface area contributed by atoms with Crippen LogP contribution in [0, 0.1) is 10.1 Å². The minimum atomic E-state index is -0.558. The number of benzene rings is 1.